The first-order valence-electron chi connectivity index (χ1n) is 8.68. The summed E-state index contributed by atoms with van der Waals surface area (Å²) in [5.41, 5.74) is 0.762. The van der Waals surface area contributed by atoms with E-state index in [4.69, 9.17) is 9.47 Å². The molecule has 2 aliphatic heterocycles. The summed E-state index contributed by atoms with van der Waals surface area (Å²) in [5, 5.41) is 3.01. The molecule has 23 heavy (non-hydrogen) atoms. The second-order valence-corrected chi connectivity index (χ2v) is 6.33. The third-order valence-corrected chi connectivity index (χ3v) is 4.63. The van der Waals surface area contributed by atoms with Gasteiger partial charge in [0.1, 0.15) is 13.2 Å². The minimum Gasteiger partial charge on any atom is -0.486 e. The molecule has 0 unspecified atom stereocenters. The second kappa shape index (κ2) is 7.68. The summed E-state index contributed by atoms with van der Waals surface area (Å²) in [6.07, 6.45) is 6.23. The Kier molecular flexibility index (Phi) is 5.39. The van der Waals surface area contributed by atoms with Crippen LogP contribution in [0.25, 0.3) is 0 Å². The predicted molar refractivity (Wildman–Crippen MR) is 90.2 cm³/mol. The Morgan fingerprint density at radius 2 is 1.70 bits per heavy atom. The number of carbonyl (C=O) groups excluding carboxylic acids is 1. The van der Waals surface area contributed by atoms with Crippen molar-refractivity contribution in [2.24, 2.45) is 0 Å². The lowest BCUT2D eigenvalue weighted by atomic mass is 10.1. The van der Waals surface area contributed by atoms with Crippen LogP contribution in [-0.2, 0) is 4.79 Å². The third-order valence-electron chi connectivity index (χ3n) is 4.63. The molecule has 126 valence electrons. The van der Waals surface area contributed by atoms with Crippen LogP contribution in [0.15, 0.2) is 18.2 Å². The topological polar surface area (TPSA) is 50.8 Å². The summed E-state index contributed by atoms with van der Waals surface area (Å²) < 4.78 is 11.1. The van der Waals surface area contributed by atoms with Gasteiger partial charge in [-0.1, -0.05) is 19.3 Å². The lowest BCUT2D eigenvalue weighted by Gasteiger charge is -2.29. The first-order chi connectivity index (χ1) is 11.2. The van der Waals surface area contributed by atoms with Crippen molar-refractivity contribution in [3.8, 4) is 11.5 Å². The van der Waals surface area contributed by atoms with Gasteiger partial charge in [-0.05, 0) is 45.0 Å². The average Bonchev–Trinajstić information content (AvgIpc) is 2.54. The van der Waals surface area contributed by atoms with Gasteiger partial charge in [0.05, 0.1) is 6.04 Å². The monoisotopic (exact) mass is 318 g/mol. The third kappa shape index (κ3) is 4.16. The summed E-state index contributed by atoms with van der Waals surface area (Å²) in [5.74, 6) is 1.49. The highest BCUT2D eigenvalue weighted by Gasteiger charge is 2.22. The number of likely N-dealkylation sites (tertiary alicyclic amines) is 1. The van der Waals surface area contributed by atoms with E-state index < -0.39 is 0 Å². The molecule has 2 heterocycles. The molecule has 0 aliphatic carbocycles. The Labute approximate surface area is 137 Å². The number of fused-ring (bicyclic) bond motifs is 1. The van der Waals surface area contributed by atoms with Crippen molar-refractivity contribution in [1.82, 2.24) is 4.90 Å². The molecule has 1 N–H and O–H groups in total. The summed E-state index contributed by atoms with van der Waals surface area (Å²) in [4.78, 5) is 14.9. The molecule has 0 radical (unpaired) electrons. The number of hydrogen-bond donors (Lipinski definition) is 1. The number of carbonyl (C=O) groups is 1. The van der Waals surface area contributed by atoms with E-state index in [1.807, 2.05) is 25.1 Å². The SMILES string of the molecule is C[C@@H](C(=O)Nc1ccc2c(c1)OCCO2)N1CCCCCCC1. The molecule has 1 amide bonds. The van der Waals surface area contributed by atoms with E-state index >= 15 is 0 Å². The molecular formula is C18H26N2O3. The van der Waals surface area contributed by atoms with E-state index in [1.54, 1.807) is 0 Å². The molecule has 2 aliphatic rings. The van der Waals surface area contributed by atoms with Crippen molar-refractivity contribution >= 4 is 11.6 Å². The van der Waals surface area contributed by atoms with Gasteiger partial charge in [0.25, 0.3) is 0 Å². The molecule has 1 aromatic carbocycles. The largest absolute Gasteiger partial charge is 0.486 e. The van der Waals surface area contributed by atoms with E-state index in [0.717, 1.165) is 24.5 Å². The zero-order chi connectivity index (χ0) is 16.1. The second-order valence-electron chi connectivity index (χ2n) is 6.33. The quantitative estimate of drug-likeness (QED) is 0.930. The minimum atomic E-state index is -0.110. The van der Waals surface area contributed by atoms with Crippen LogP contribution in [0.5, 0.6) is 11.5 Å². The van der Waals surface area contributed by atoms with Crippen LogP contribution < -0.4 is 14.8 Å². The maximum atomic E-state index is 12.6. The molecule has 3 rings (SSSR count). The van der Waals surface area contributed by atoms with Crippen molar-refractivity contribution in [3.05, 3.63) is 18.2 Å². The van der Waals surface area contributed by atoms with Gasteiger partial charge in [-0.25, -0.2) is 0 Å². The summed E-state index contributed by atoms with van der Waals surface area (Å²) in [6, 6.07) is 5.45. The number of benzene rings is 1. The van der Waals surface area contributed by atoms with Crippen LogP contribution >= 0.6 is 0 Å². The number of ether oxygens (including phenoxy) is 2. The Morgan fingerprint density at radius 1 is 1.04 bits per heavy atom. The summed E-state index contributed by atoms with van der Waals surface area (Å²) in [7, 11) is 0. The number of nitrogens with one attached hydrogen (secondary N) is 1. The Balaban J connectivity index is 1.61. The predicted octanol–water partition coefficient (Wildman–Crippen LogP) is 3.05. The van der Waals surface area contributed by atoms with Crippen LogP contribution in [0.1, 0.15) is 39.0 Å². The number of rotatable bonds is 3. The maximum Gasteiger partial charge on any atom is 0.241 e. The molecule has 5 heteroatoms. The number of nitrogens with zero attached hydrogens (tertiary/aromatic N) is 1. The van der Waals surface area contributed by atoms with Crippen molar-refractivity contribution in [2.75, 3.05) is 31.6 Å². The first kappa shape index (κ1) is 16.1. The number of hydrogen-bond acceptors (Lipinski definition) is 4. The normalized spacial score (nSPS) is 20.2. The van der Waals surface area contributed by atoms with E-state index in [0.29, 0.717) is 19.0 Å². The molecular weight excluding hydrogens is 292 g/mol. The van der Waals surface area contributed by atoms with E-state index in [1.165, 1.54) is 32.1 Å². The lowest BCUT2D eigenvalue weighted by molar-refractivity contribution is -0.120. The molecule has 5 nitrogen and oxygen atoms in total. The molecule has 1 saturated heterocycles. The average molecular weight is 318 g/mol. The fraction of sp³-hybridized carbons (Fsp3) is 0.611. The van der Waals surface area contributed by atoms with Crippen molar-refractivity contribution in [2.45, 2.75) is 45.1 Å². The van der Waals surface area contributed by atoms with Crippen LogP contribution in [0.2, 0.25) is 0 Å². The van der Waals surface area contributed by atoms with Gasteiger partial charge >= 0.3 is 0 Å². The Bertz CT molecular complexity index is 539. The standard InChI is InChI=1S/C18H26N2O3/c1-14(20-9-5-3-2-4-6-10-20)18(21)19-15-7-8-16-17(13-15)23-12-11-22-16/h7-8,13-14H,2-6,9-12H2,1H3,(H,19,21)/t14-/m0/s1. The highest BCUT2D eigenvalue weighted by atomic mass is 16.6. The number of amides is 1. The fourth-order valence-corrected chi connectivity index (χ4v) is 3.19. The molecule has 0 bridgehead atoms. The first-order valence-corrected chi connectivity index (χ1v) is 8.68. The van der Waals surface area contributed by atoms with E-state index in [2.05, 4.69) is 10.2 Å². The highest BCUT2D eigenvalue weighted by molar-refractivity contribution is 5.94. The Hall–Kier alpha value is -1.75. The highest BCUT2D eigenvalue weighted by Crippen LogP contribution is 2.32. The van der Waals surface area contributed by atoms with Crippen LogP contribution in [-0.4, -0.2) is 43.2 Å². The lowest BCUT2D eigenvalue weighted by Crippen LogP contribution is -2.43. The molecule has 0 spiro atoms. The summed E-state index contributed by atoms with van der Waals surface area (Å²) >= 11 is 0. The summed E-state index contributed by atoms with van der Waals surface area (Å²) in [6.45, 7) is 5.14. The van der Waals surface area contributed by atoms with E-state index in [9.17, 15) is 4.79 Å². The minimum absolute atomic E-state index is 0.0438. The van der Waals surface area contributed by atoms with Crippen LogP contribution in [0, 0.1) is 0 Å². The van der Waals surface area contributed by atoms with Crippen molar-refractivity contribution in [1.29, 1.82) is 0 Å². The van der Waals surface area contributed by atoms with Crippen LogP contribution in [0.4, 0.5) is 5.69 Å². The molecule has 1 fully saturated rings. The van der Waals surface area contributed by atoms with Crippen molar-refractivity contribution in [3.63, 3.8) is 0 Å². The molecule has 0 saturated carbocycles. The van der Waals surface area contributed by atoms with Gasteiger partial charge < -0.3 is 14.8 Å². The fourth-order valence-electron chi connectivity index (χ4n) is 3.19. The van der Waals surface area contributed by atoms with Gasteiger partial charge in [0, 0.05) is 11.8 Å². The zero-order valence-electron chi connectivity index (χ0n) is 13.8. The zero-order valence-corrected chi connectivity index (χ0v) is 13.8. The smallest absolute Gasteiger partial charge is 0.241 e. The van der Waals surface area contributed by atoms with E-state index in [-0.39, 0.29) is 11.9 Å². The Morgan fingerprint density at radius 3 is 2.43 bits per heavy atom. The maximum absolute atomic E-state index is 12.6. The van der Waals surface area contributed by atoms with Gasteiger partial charge in [0.15, 0.2) is 11.5 Å². The molecule has 1 atom stereocenters. The van der Waals surface area contributed by atoms with Crippen LogP contribution in [0.3, 0.4) is 0 Å². The number of anilines is 1. The molecule has 0 aromatic heterocycles. The molecule has 1 aromatic rings. The van der Waals surface area contributed by atoms with Gasteiger partial charge in [-0.15, -0.1) is 0 Å². The van der Waals surface area contributed by atoms with Crippen molar-refractivity contribution < 1.29 is 14.3 Å². The van der Waals surface area contributed by atoms with Gasteiger partial charge in [0.2, 0.25) is 5.91 Å². The van der Waals surface area contributed by atoms with Gasteiger partial charge in [-0.2, -0.15) is 0 Å². The van der Waals surface area contributed by atoms with Gasteiger partial charge in [-0.3, -0.25) is 9.69 Å².